The summed E-state index contributed by atoms with van der Waals surface area (Å²) >= 11 is 0. The molecule has 3 heteroatoms. The molecule has 4 fully saturated rings. The van der Waals surface area contributed by atoms with E-state index < -0.39 is 0 Å². The van der Waals surface area contributed by atoms with E-state index in [0.717, 1.165) is 42.6 Å². The van der Waals surface area contributed by atoms with Crippen molar-refractivity contribution < 1.29 is 4.74 Å². The molecule has 0 bridgehead atoms. The Morgan fingerprint density at radius 1 is 0.969 bits per heavy atom. The maximum atomic E-state index is 6.19. The van der Waals surface area contributed by atoms with E-state index in [1.807, 2.05) is 0 Å². The van der Waals surface area contributed by atoms with Crippen LogP contribution in [0.5, 0.6) is 5.75 Å². The van der Waals surface area contributed by atoms with E-state index in [1.165, 1.54) is 96.9 Å². The van der Waals surface area contributed by atoms with Gasteiger partial charge in [0.15, 0.2) is 0 Å². The number of hydrogen-bond acceptors (Lipinski definition) is 3. The summed E-state index contributed by atoms with van der Waals surface area (Å²) in [4.78, 5) is 5.47. The molecular formula is C29H44N2O. The first kappa shape index (κ1) is 21.5. The summed E-state index contributed by atoms with van der Waals surface area (Å²) in [5, 5.41) is 0. The average Bonchev–Trinajstić information content (AvgIpc) is 3.57. The minimum absolute atomic E-state index is 0.571. The van der Waals surface area contributed by atoms with E-state index in [2.05, 4.69) is 34.9 Å². The first-order valence-corrected chi connectivity index (χ1v) is 13.9. The molecule has 0 radical (unpaired) electrons. The average molecular weight is 437 g/mol. The Morgan fingerprint density at radius 2 is 1.78 bits per heavy atom. The Hall–Kier alpha value is -1.06. The monoisotopic (exact) mass is 436 g/mol. The SMILES string of the molecule is C[C@]12CC[C@@H]3c4ccc(OCCCN5CCCC5)cc4CC[C@H]3[C@@H]1CC[C@@H]2N1CCCC1. The van der Waals surface area contributed by atoms with E-state index in [0.29, 0.717) is 5.41 Å². The van der Waals surface area contributed by atoms with E-state index in [-0.39, 0.29) is 0 Å². The van der Waals surface area contributed by atoms with Crippen LogP contribution in [-0.2, 0) is 6.42 Å². The van der Waals surface area contributed by atoms with Crippen LogP contribution in [0.3, 0.4) is 0 Å². The zero-order chi connectivity index (χ0) is 21.5. The number of nitrogens with zero attached hydrogens (tertiary/aromatic N) is 2. The van der Waals surface area contributed by atoms with Crippen molar-refractivity contribution in [3.63, 3.8) is 0 Å². The molecule has 0 N–H and O–H groups in total. The summed E-state index contributed by atoms with van der Waals surface area (Å²) < 4.78 is 6.19. The molecule has 2 saturated carbocycles. The van der Waals surface area contributed by atoms with E-state index >= 15 is 0 Å². The molecule has 2 heterocycles. The van der Waals surface area contributed by atoms with Gasteiger partial charge in [-0.15, -0.1) is 0 Å². The molecule has 6 rings (SSSR count). The van der Waals surface area contributed by atoms with Crippen LogP contribution in [0.2, 0.25) is 0 Å². The number of rotatable bonds is 6. The van der Waals surface area contributed by atoms with Gasteiger partial charge < -0.3 is 9.64 Å². The number of benzene rings is 1. The Kier molecular flexibility index (Phi) is 6.00. The lowest BCUT2D eigenvalue weighted by atomic mass is 9.55. The Labute approximate surface area is 195 Å². The Balaban J connectivity index is 1.10. The van der Waals surface area contributed by atoms with Crippen molar-refractivity contribution in [3.05, 3.63) is 29.3 Å². The Morgan fingerprint density at radius 3 is 2.62 bits per heavy atom. The summed E-state index contributed by atoms with van der Waals surface area (Å²) in [6.07, 6.45) is 15.2. The van der Waals surface area contributed by atoms with Gasteiger partial charge in [0.1, 0.15) is 5.75 Å². The van der Waals surface area contributed by atoms with Gasteiger partial charge in [0.05, 0.1) is 6.61 Å². The number of hydrogen-bond donors (Lipinski definition) is 0. The molecule has 0 spiro atoms. The lowest BCUT2D eigenvalue weighted by Gasteiger charge is -2.52. The highest BCUT2D eigenvalue weighted by atomic mass is 16.5. The number of likely N-dealkylation sites (tertiary alicyclic amines) is 2. The van der Waals surface area contributed by atoms with Gasteiger partial charge in [-0.25, -0.2) is 0 Å². The standard InChI is InChI=1S/C29H44N2O/c1-29-14-13-25-24-10-8-23(32-20-6-17-30-15-2-3-16-30)21-22(24)7-9-26(25)27(29)11-12-28(29)31-18-4-5-19-31/h8,10,21,25-28H,2-7,9,11-20H2,1H3/t25-,26-,27+,28+,29+/m1/s1. The highest BCUT2D eigenvalue weighted by Crippen LogP contribution is 2.62. The summed E-state index contributed by atoms with van der Waals surface area (Å²) in [6, 6.07) is 8.01. The third-order valence-corrected chi connectivity index (χ3v) is 10.3. The summed E-state index contributed by atoms with van der Waals surface area (Å²) in [7, 11) is 0. The highest BCUT2D eigenvalue weighted by molar-refractivity contribution is 5.40. The molecule has 5 aliphatic rings. The van der Waals surface area contributed by atoms with Gasteiger partial charge in [0, 0.05) is 12.6 Å². The molecule has 0 aromatic heterocycles. The van der Waals surface area contributed by atoms with Crippen LogP contribution in [0.25, 0.3) is 0 Å². The molecule has 1 aromatic rings. The van der Waals surface area contributed by atoms with Crippen molar-refractivity contribution >= 4 is 0 Å². The summed E-state index contributed by atoms with van der Waals surface area (Å²) in [5.41, 5.74) is 3.85. The van der Waals surface area contributed by atoms with E-state index in [9.17, 15) is 0 Å². The quantitative estimate of drug-likeness (QED) is 0.519. The van der Waals surface area contributed by atoms with Crippen molar-refractivity contribution in [1.82, 2.24) is 9.80 Å². The van der Waals surface area contributed by atoms with Crippen LogP contribution in [0.4, 0.5) is 0 Å². The van der Waals surface area contributed by atoms with E-state index in [4.69, 9.17) is 4.74 Å². The lowest BCUT2D eigenvalue weighted by Crippen LogP contribution is -2.49. The molecule has 176 valence electrons. The van der Waals surface area contributed by atoms with Crippen molar-refractivity contribution in [2.75, 3.05) is 39.3 Å². The molecule has 5 atom stereocenters. The topological polar surface area (TPSA) is 15.7 Å². The molecule has 3 aliphatic carbocycles. The minimum Gasteiger partial charge on any atom is -0.494 e. The van der Waals surface area contributed by atoms with Gasteiger partial charge in [0.25, 0.3) is 0 Å². The van der Waals surface area contributed by atoms with Crippen molar-refractivity contribution in [2.24, 2.45) is 17.3 Å². The van der Waals surface area contributed by atoms with Gasteiger partial charge in [-0.2, -0.15) is 0 Å². The van der Waals surface area contributed by atoms with Gasteiger partial charge >= 0.3 is 0 Å². The fourth-order valence-corrected chi connectivity index (χ4v) is 8.76. The first-order valence-electron chi connectivity index (χ1n) is 13.9. The predicted molar refractivity (Wildman–Crippen MR) is 131 cm³/mol. The molecular weight excluding hydrogens is 392 g/mol. The lowest BCUT2D eigenvalue weighted by molar-refractivity contribution is 0.00683. The van der Waals surface area contributed by atoms with Crippen LogP contribution in [0.1, 0.15) is 88.2 Å². The zero-order valence-corrected chi connectivity index (χ0v) is 20.4. The predicted octanol–water partition coefficient (Wildman–Crippen LogP) is 5.87. The second-order valence-corrected chi connectivity index (χ2v) is 11.9. The van der Waals surface area contributed by atoms with Crippen molar-refractivity contribution in [3.8, 4) is 5.75 Å². The van der Waals surface area contributed by atoms with E-state index in [1.54, 1.807) is 11.1 Å². The van der Waals surface area contributed by atoms with Crippen LogP contribution in [-0.4, -0.2) is 55.2 Å². The van der Waals surface area contributed by atoms with Crippen molar-refractivity contribution in [1.29, 1.82) is 0 Å². The maximum absolute atomic E-state index is 6.19. The highest BCUT2D eigenvalue weighted by Gasteiger charge is 2.56. The molecule has 3 nitrogen and oxygen atoms in total. The summed E-state index contributed by atoms with van der Waals surface area (Å²) in [6.45, 7) is 10.1. The number of fused-ring (bicyclic) bond motifs is 5. The second kappa shape index (κ2) is 8.95. The first-order chi connectivity index (χ1) is 15.7. The summed E-state index contributed by atoms with van der Waals surface area (Å²) in [5.74, 6) is 3.78. The molecule has 2 saturated heterocycles. The van der Waals surface area contributed by atoms with Crippen LogP contribution >= 0.6 is 0 Å². The van der Waals surface area contributed by atoms with Crippen molar-refractivity contribution in [2.45, 2.75) is 89.5 Å². The normalized spacial score (nSPS) is 37.3. The smallest absolute Gasteiger partial charge is 0.119 e. The molecule has 0 amide bonds. The zero-order valence-electron chi connectivity index (χ0n) is 20.4. The molecule has 0 unspecified atom stereocenters. The van der Waals surface area contributed by atoms with Gasteiger partial charge in [-0.3, -0.25) is 4.90 Å². The minimum atomic E-state index is 0.571. The van der Waals surface area contributed by atoms with Gasteiger partial charge in [-0.1, -0.05) is 13.0 Å². The van der Waals surface area contributed by atoms with Gasteiger partial charge in [-0.05, 0) is 143 Å². The van der Waals surface area contributed by atoms with Gasteiger partial charge in [0.2, 0.25) is 0 Å². The molecule has 1 aromatic carbocycles. The third kappa shape index (κ3) is 3.82. The molecule has 2 aliphatic heterocycles. The third-order valence-electron chi connectivity index (χ3n) is 10.3. The van der Waals surface area contributed by atoms with Crippen LogP contribution in [0, 0.1) is 17.3 Å². The largest absolute Gasteiger partial charge is 0.494 e. The second-order valence-electron chi connectivity index (χ2n) is 11.9. The number of ether oxygens (including phenoxy) is 1. The maximum Gasteiger partial charge on any atom is 0.119 e. The number of aryl methyl sites for hydroxylation is 1. The fraction of sp³-hybridized carbons (Fsp3) is 0.793. The fourth-order valence-electron chi connectivity index (χ4n) is 8.76. The van der Waals surface area contributed by atoms with Crippen LogP contribution < -0.4 is 4.74 Å². The van der Waals surface area contributed by atoms with Crippen LogP contribution in [0.15, 0.2) is 18.2 Å². The Bertz CT molecular complexity index is 796. The molecule has 32 heavy (non-hydrogen) atoms.